The van der Waals surface area contributed by atoms with Crippen LogP contribution in [0.2, 0.25) is 0 Å². The van der Waals surface area contributed by atoms with Crippen LogP contribution < -0.4 is 16.0 Å². The molecule has 0 saturated carbocycles. The summed E-state index contributed by atoms with van der Waals surface area (Å²) in [5.41, 5.74) is 4.49. The Kier molecular flexibility index (Phi) is 5.61. The second-order valence-corrected chi connectivity index (χ2v) is 7.14. The lowest BCUT2D eigenvalue weighted by Gasteiger charge is -2.12. The van der Waals surface area contributed by atoms with Crippen LogP contribution in [0, 0.1) is 20.8 Å². The Morgan fingerprint density at radius 1 is 0.903 bits per heavy atom. The summed E-state index contributed by atoms with van der Waals surface area (Å²) in [7, 11) is 0. The van der Waals surface area contributed by atoms with Gasteiger partial charge in [0.05, 0.1) is 0 Å². The number of aryl methyl sites for hydroxylation is 2. The molecule has 0 fully saturated rings. The standard InChI is InChI=1S/C23H23N7O/c1-15-6-4-7-20(16(15)2)29-23(31)28-19-10-8-18(9-11-19)27-21-14-22(26-17(3)25-21)30-13-5-12-24-30/h4-14H,1-3H3,(H,25,26,27)(H2,28,29,31). The topological polar surface area (TPSA) is 96.8 Å². The Bertz CT molecular complexity index is 1200. The van der Waals surface area contributed by atoms with Crippen LogP contribution in [0.5, 0.6) is 0 Å². The zero-order valence-electron chi connectivity index (χ0n) is 17.5. The Balaban J connectivity index is 1.42. The van der Waals surface area contributed by atoms with Gasteiger partial charge in [-0.1, -0.05) is 12.1 Å². The van der Waals surface area contributed by atoms with Gasteiger partial charge in [-0.25, -0.2) is 19.4 Å². The molecule has 0 bridgehead atoms. The smallest absolute Gasteiger partial charge is 0.323 e. The van der Waals surface area contributed by atoms with E-state index in [0.29, 0.717) is 23.1 Å². The van der Waals surface area contributed by atoms with Gasteiger partial charge < -0.3 is 16.0 Å². The van der Waals surface area contributed by atoms with Gasteiger partial charge in [-0.05, 0) is 68.3 Å². The minimum Gasteiger partial charge on any atom is -0.340 e. The van der Waals surface area contributed by atoms with E-state index in [9.17, 15) is 4.79 Å². The Morgan fingerprint density at radius 3 is 2.42 bits per heavy atom. The van der Waals surface area contributed by atoms with Crippen molar-refractivity contribution in [3.8, 4) is 5.82 Å². The van der Waals surface area contributed by atoms with Crippen molar-refractivity contribution in [2.24, 2.45) is 0 Å². The molecule has 0 aliphatic rings. The van der Waals surface area contributed by atoms with E-state index in [4.69, 9.17) is 0 Å². The monoisotopic (exact) mass is 413 g/mol. The van der Waals surface area contributed by atoms with E-state index in [-0.39, 0.29) is 6.03 Å². The molecule has 0 aliphatic carbocycles. The quantitative estimate of drug-likeness (QED) is 0.429. The molecule has 8 heteroatoms. The number of aromatic nitrogens is 4. The first-order valence-electron chi connectivity index (χ1n) is 9.85. The van der Waals surface area contributed by atoms with E-state index in [1.54, 1.807) is 10.9 Å². The molecule has 3 N–H and O–H groups in total. The van der Waals surface area contributed by atoms with Crippen LogP contribution in [0.4, 0.5) is 27.7 Å². The number of nitrogens with one attached hydrogen (secondary N) is 3. The third-order valence-corrected chi connectivity index (χ3v) is 4.83. The minimum absolute atomic E-state index is 0.287. The highest BCUT2D eigenvalue weighted by molar-refractivity contribution is 6.00. The first kappa shape index (κ1) is 20.1. The number of anilines is 4. The van der Waals surface area contributed by atoms with Crippen LogP contribution in [-0.2, 0) is 0 Å². The van der Waals surface area contributed by atoms with E-state index in [1.165, 1.54) is 0 Å². The first-order valence-corrected chi connectivity index (χ1v) is 9.85. The molecule has 4 aromatic rings. The van der Waals surface area contributed by atoms with Crippen LogP contribution in [-0.4, -0.2) is 25.8 Å². The van der Waals surface area contributed by atoms with Gasteiger partial charge in [0.2, 0.25) is 0 Å². The fourth-order valence-electron chi connectivity index (χ4n) is 3.09. The van der Waals surface area contributed by atoms with Gasteiger partial charge in [0.25, 0.3) is 0 Å². The summed E-state index contributed by atoms with van der Waals surface area (Å²) in [4.78, 5) is 21.2. The summed E-state index contributed by atoms with van der Waals surface area (Å²) >= 11 is 0. The van der Waals surface area contributed by atoms with E-state index >= 15 is 0 Å². The highest BCUT2D eigenvalue weighted by Gasteiger charge is 2.07. The van der Waals surface area contributed by atoms with Gasteiger partial charge in [-0.2, -0.15) is 5.10 Å². The minimum atomic E-state index is -0.287. The van der Waals surface area contributed by atoms with Gasteiger partial charge in [0.1, 0.15) is 11.6 Å². The highest BCUT2D eigenvalue weighted by Crippen LogP contribution is 2.21. The molecule has 0 saturated heterocycles. The lowest BCUT2D eigenvalue weighted by atomic mass is 10.1. The fraction of sp³-hybridized carbons (Fsp3) is 0.130. The average Bonchev–Trinajstić information content (AvgIpc) is 3.27. The lowest BCUT2D eigenvalue weighted by molar-refractivity contribution is 0.262. The van der Waals surface area contributed by atoms with Crippen LogP contribution in [0.1, 0.15) is 17.0 Å². The molecule has 31 heavy (non-hydrogen) atoms. The maximum atomic E-state index is 12.3. The Labute approximate surface area is 180 Å². The number of hydrogen-bond acceptors (Lipinski definition) is 5. The maximum absolute atomic E-state index is 12.3. The van der Waals surface area contributed by atoms with Crippen molar-refractivity contribution in [1.82, 2.24) is 19.7 Å². The van der Waals surface area contributed by atoms with E-state index in [0.717, 1.165) is 22.5 Å². The number of urea groups is 1. The van der Waals surface area contributed by atoms with Crippen molar-refractivity contribution in [3.05, 3.63) is 83.9 Å². The molecule has 2 heterocycles. The molecule has 0 unspecified atom stereocenters. The van der Waals surface area contributed by atoms with E-state index in [1.807, 2.05) is 81.6 Å². The molecule has 2 aromatic heterocycles. The van der Waals surface area contributed by atoms with Crippen molar-refractivity contribution < 1.29 is 4.79 Å². The zero-order chi connectivity index (χ0) is 21.8. The normalized spacial score (nSPS) is 10.5. The largest absolute Gasteiger partial charge is 0.340 e. The second-order valence-electron chi connectivity index (χ2n) is 7.14. The maximum Gasteiger partial charge on any atom is 0.323 e. The number of carbonyl (C=O) groups excluding carboxylic acids is 1. The molecule has 4 rings (SSSR count). The molecular weight excluding hydrogens is 390 g/mol. The lowest BCUT2D eigenvalue weighted by Crippen LogP contribution is -2.20. The van der Waals surface area contributed by atoms with Crippen molar-refractivity contribution in [3.63, 3.8) is 0 Å². The summed E-state index contributed by atoms with van der Waals surface area (Å²) in [6.07, 6.45) is 3.53. The van der Waals surface area contributed by atoms with Gasteiger partial charge in [0.15, 0.2) is 5.82 Å². The van der Waals surface area contributed by atoms with Gasteiger partial charge in [-0.3, -0.25) is 0 Å². The average molecular weight is 413 g/mol. The summed E-state index contributed by atoms with van der Waals surface area (Å²) in [6, 6.07) is 16.6. The Hall–Kier alpha value is -4.20. The summed E-state index contributed by atoms with van der Waals surface area (Å²) < 4.78 is 1.68. The van der Waals surface area contributed by atoms with Crippen LogP contribution >= 0.6 is 0 Å². The fourth-order valence-corrected chi connectivity index (χ4v) is 3.09. The summed E-state index contributed by atoms with van der Waals surface area (Å²) in [6.45, 7) is 5.83. The predicted octanol–water partition coefficient (Wildman–Crippen LogP) is 4.98. The third kappa shape index (κ3) is 4.87. The molecule has 156 valence electrons. The number of amides is 2. The van der Waals surface area contributed by atoms with Crippen LogP contribution in [0.3, 0.4) is 0 Å². The molecule has 0 spiro atoms. The SMILES string of the molecule is Cc1nc(Nc2ccc(NC(=O)Nc3cccc(C)c3C)cc2)cc(-n2cccn2)n1. The molecule has 0 radical (unpaired) electrons. The number of nitrogens with zero attached hydrogens (tertiary/aromatic N) is 4. The summed E-state index contributed by atoms with van der Waals surface area (Å²) in [5.74, 6) is 1.98. The van der Waals surface area contributed by atoms with Crippen molar-refractivity contribution >= 4 is 28.9 Å². The molecule has 8 nitrogen and oxygen atoms in total. The van der Waals surface area contributed by atoms with Crippen molar-refractivity contribution in [2.45, 2.75) is 20.8 Å². The van der Waals surface area contributed by atoms with E-state index in [2.05, 4.69) is 31.0 Å². The first-order chi connectivity index (χ1) is 15.0. The molecule has 2 amide bonds. The second kappa shape index (κ2) is 8.66. The molecular formula is C23H23N7O. The van der Waals surface area contributed by atoms with Crippen LogP contribution in [0.15, 0.2) is 67.0 Å². The molecule has 0 atom stereocenters. The number of benzene rings is 2. The molecule has 2 aromatic carbocycles. The van der Waals surface area contributed by atoms with Crippen molar-refractivity contribution in [2.75, 3.05) is 16.0 Å². The van der Waals surface area contributed by atoms with Gasteiger partial charge in [0, 0.05) is 35.5 Å². The number of rotatable bonds is 5. The zero-order valence-corrected chi connectivity index (χ0v) is 17.5. The van der Waals surface area contributed by atoms with Gasteiger partial charge in [-0.15, -0.1) is 0 Å². The van der Waals surface area contributed by atoms with Crippen LogP contribution in [0.25, 0.3) is 5.82 Å². The highest BCUT2D eigenvalue weighted by atomic mass is 16.2. The van der Waals surface area contributed by atoms with E-state index < -0.39 is 0 Å². The van der Waals surface area contributed by atoms with Gasteiger partial charge >= 0.3 is 6.03 Å². The third-order valence-electron chi connectivity index (χ3n) is 4.83. The number of hydrogen-bond donors (Lipinski definition) is 3. The predicted molar refractivity (Wildman–Crippen MR) is 122 cm³/mol. The molecule has 0 aliphatic heterocycles. The van der Waals surface area contributed by atoms with Crippen molar-refractivity contribution in [1.29, 1.82) is 0 Å². The Morgan fingerprint density at radius 2 is 1.68 bits per heavy atom. The summed E-state index contributed by atoms with van der Waals surface area (Å²) in [5, 5.41) is 13.2. The number of carbonyl (C=O) groups is 1.